The lowest BCUT2D eigenvalue weighted by molar-refractivity contribution is 0.597. The smallest absolute Gasteiger partial charge is 0.263 e. The molecular weight excluding hydrogens is 257 g/mol. The van der Waals surface area contributed by atoms with E-state index in [-0.39, 0.29) is 10.6 Å². The lowest BCUT2D eigenvalue weighted by Gasteiger charge is -2.08. The molecule has 1 N–H and O–H groups in total. The average Bonchev–Trinajstić information content (AvgIpc) is 2.32. The molecule has 18 heavy (non-hydrogen) atoms. The zero-order valence-corrected chi connectivity index (χ0v) is 10.3. The van der Waals surface area contributed by atoms with Gasteiger partial charge in [-0.15, -0.1) is 0 Å². The van der Waals surface area contributed by atoms with E-state index >= 15 is 0 Å². The van der Waals surface area contributed by atoms with Crippen molar-refractivity contribution in [2.24, 2.45) is 0 Å². The van der Waals surface area contributed by atoms with Crippen molar-refractivity contribution in [3.8, 4) is 0 Å². The van der Waals surface area contributed by atoms with Crippen LogP contribution in [0.25, 0.3) is 0 Å². The fourth-order valence-electron chi connectivity index (χ4n) is 1.27. The van der Waals surface area contributed by atoms with E-state index < -0.39 is 15.8 Å². The number of aromatic nitrogens is 2. The summed E-state index contributed by atoms with van der Waals surface area (Å²) in [7, 11) is -3.83. The first kappa shape index (κ1) is 12.4. The average molecular weight is 267 g/mol. The van der Waals surface area contributed by atoms with E-state index in [1.165, 1.54) is 24.5 Å². The summed E-state index contributed by atoms with van der Waals surface area (Å²) in [5.41, 5.74) is 0.551. The third kappa shape index (κ3) is 2.62. The van der Waals surface area contributed by atoms with Gasteiger partial charge in [0, 0.05) is 18.1 Å². The molecule has 2 aromatic rings. The van der Waals surface area contributed by atoms with Crippen LogP contribution in [-0.4, -0.2) is 18.4 Å². The summed E-state index contributed by atoms with van der Waals surface area (Å²) in [5, 5.41) is 0. The molecule has 0 aliphatic carbocycles. The third-order valence-electron chi connectivity index (χ3n) is 2.21. The summed E-state index contributed by atoms with van der Waals surface area (Å²) in [6, 6.07) is 4.22. The Morgan fingerprint density at radius 3 is 2.61 bits per heavy atom. The Bertz CT molecular complexity index is 656. The van der Waals surface area contributed by atoms with Crippen LogP contribution in [0.3, 0.4) is 0 Å². The monoisotopic (exact) mass is 267 g/mol. The van der Waals surface area contributed by atoms with Gasteiger partial charge in [-0.05, 0) is 25.1 Å². The van der Waals surface area contributed by atoms with Gasteiger partial charge in [0.15, 0.2) is 5.82 Å². The number of nitrogens with zero attached hydrogens (tertiary/aromatic N) is 2. The van der Waals surface area contributed by atoms with E-state index in [0.29, 0.717) is 5.69 Å². The first-order valence-electron chi connectivity index (χ1n) is 5.04. The van der Waals surface area contributed by atoms with Gasteiger partial charge in [0.25, 0.3) is 10.0 Å². The Kier molecular flexibility index (Phi) is 3.24. The minimum Gasteiger partial charge on any atom is -0.276 e. The molecule has 94 valence electrons. The molecule has 0 bridgehead atoms. The summed E-state index contributed by atoms with van der Waals surface area (Å²) < 4.78 is 39.3. The van der Waals surface area contributed by atoms with E-state index in [4.69, 9.17) is 0 Å². The predicted molar refractivity (Wildman–Crippen MR) is 64.0 cm³/mol. The summed E-state index contributed by atoms with van der Waals surface area (Å²) in [6.07, 6.45) is 3.45. The number of hydrogen-bond acceptors (Lipinski definition) is 4. The summed E-state index contributed by atoms with van der Waals surface area (Å²) in [4.78, 5) is 7.40. The van der Waals surface area contributed by atoms with Gasteiger partial charge in [-0.25, -0.2) is 12.8 Å². The Labute approximate surface area is 104 Å². The van der Waals surface area contributed by atoms with Crippen molar-refractivity contribution in [3.05, 3.63) is 48.3 Å². The highest BCUT2D eigenvalue weighted by molar-refractivity contribution is 7.92. The van der Waals surface area contributed by atoms with Crippen molar-refractivity contribution in [2.75, 3.05) is 4.72 Å². The number of pyridine rings is 2. The Hall–Kier alpha value is -2.02. The van der Waals surface area contributed by atoms with Crippen molar-refractivity contribution in [2.45, 2.75) is 11.8 Å². The Morgan fingerprint density at radius 1 is 1.22 bits per heavy atom. The molecule has 0 radical (unpaired) electrons. The van der Waals surface area contributed by atoms with Crippen LogP contribution in [0, 0.1) is 12.7 Å². The fraction of sp³-hybridized carbons (Fsp3) is 0.0909. The van der Waals surface area contributed by atoms with Crippen LogP contribution in [0.4, 0.5) is 10.1 Å². The standard InChI is InChI=1S/C11H10FN3O2S/c1-8-2-3-9(6-14-8)18(16,17)15-11-4-5-13-7-10(11)12/h2-7H,1H3,(H,13,15). The molecule has 2 aromatic heterocycles. The molecule has 0 aliphatic rings. The summed E-state index contributed by atoms with van der Waals surface area (Å²) >= 11 is 0. The predicted octanol–water partition coefficient (Wildman–Crippen LogP) is 1.72. The molecule has 0 atom stereocenters. The van der Waals surface area contributed by atoms with Gasteiger partial charge in [0.05, 0.1) is 11.9 Å². The Morgan fingerprint density at radius 2 is 2.00 bits per heavy atom. The van der Waals surface area contributed by atoms with E-state index in [1.54, 1.807) is 13.0 Å². The number of halogens is 1. The molecule has 0 amide bonds. The van der Waals surface area contributed by atoms with Crippen molar-refractivity contribution in [1.82, 2.24) is 9.97 Å². The molecule has 0 aliphatic heterocycles. The van der Waals surface area contributed by atoms with Crippen LogP contribution in [0.15, 0.2) is 41.7 Å². The maximum absolute atomic E-state index is 13.3. The number of anilines is 1. The fourth-order valence-corrected chi connectivity index (χ4v) is 2.29. The highest BCUT2D eigenvalue weighted by atomic mass is 32.2. The lowest BCUT2D eigenvalue weighted by atomic mass is 10.4. The minimum absolute atomic E-state index is 0.0238. The quantitative estimate of drug-likeness (QED) is 0.919. The lowest BCUT2D eigenvalue weighted by Crippen LogP contribution is -2.14. The van der Waals surface area contributed by atoms with Gasteiger partial charge in [-0.1, -0.05) is 0 Å². The maximum Gasteiger partial charge on any atom is 0.263 e. The van der Waals surface area contributed by atoms with Crippen LogP contribution in [0.1, 0.15) is 5.69 Å². The highest BCUT2D eigenvalue weighted by Crippen LogP contribution is 2.17. The number of hydrogen-bond donors (Lipinski definition) is 1. The van der Waals surface area contributed by atoms with Gasteiger partial charge in [-0.3, -0.25) is 14.7 Å². The molecule has 2 heterocycles. The molecule has 2 rings (SSSR count). The normalized spacial score (nSPS) is 11.2. The summed E-state index contributed by atoms with van der Waals surface area (Å²) in [6.45, 7) is 1.74. The van der Waals surface area contributed by atoms with E-state index in [1.807, 2.05) is 0 Å². The molecule has 5 nitrogen and oxygen atoms in total. The molecule has 0 unspecified atom stereocenters. The Balaban J connectivity index is 2.33. The van der Waals surface area contributed by atoms with E-state index in [2.05, 4.69) is 14.7 Å². The third-order valence-corrected chi connectivity index (χ3v) is 3.56. The molecule has 0 saturated heterocycles. The zero-order valence-electron chi connectivity index (χ0n) is 9.46. The van der Waals surface area contributed by atoms with Crippen molar-refractivity contribution in [3.63, 3.8) is 0 Å². The highest BCUT2D eigenvalue weighted by Gasteiger charge is 2.16. The second kappa shape index (κ2) is 4.69. The zero-order chi connectivity index (χ0) is 13.2. The van der Waals surface area contributed by atoms with Crippen molar-refractivity contribution in [1.29, 1.82) is 0 Å². The summed E-state index contributed by atoms with van der Waals surface area (Å²) in [5.74, 6) is -0.735. The van der Waals surface area contributed by atoms with Gasteiger partial charge >= 0.3 is 0 Å². The first-order valence-corrected chi connectivity index (χ1v) is 6.52. The van der Waals surface area contributed by atoms with Crippen molar-refractivity contribution < 1.29 is 12.8 Å². The number of nitrogens with one attached hydrogen (secondary N) is 1. The second-order valence-corrected chi connectivity index (χ2v) is 5.28. The van der Waals surface area contributed by atoms with Crippen molar-refractivity contribution >= 4 is 15.7 Å². The topological polar surface area (TPSA) is 72.0 Å². The maximum atomic E-state index is 13.3. The van der Waals surface area contributed by atoms with Crippen LogP contribution in [0.5, 0.6) is 0 Å². The number of rotatable bonds is 3. The number of sulfonamides is 1. The molecular formula is C11H10FN3O2S. The van der Waals surface area contributed by atoms with Crippen LogP contribution >= 0.6 is 0 Å². The van der Waals surface area contributed by atoms with Gasteiger partial charge in [0.2, 0.25) is 0 Å². The molecule has 0 aromatic carbocycles. The largest absolute Gasteiger partial charge is 0.276 e. The van der Waals surface area contributed by atoms with E-state index in [0.717, 1.165) is 6.20 Å². The minimum atomic E-state index is -3.83. The van der Waals surface area contributed by atoms with Gasteiger partial charge in [0.1, 0.15) is 4.90 Å². The number of aryl methyl sites for hydroxylation is 1. The molecule has 0 fully saturated rings. The first-order chi connectivity index (χ1) is 8.49. The second-order valence-electron chi connectivity index (χ2n) is 3.60. The molecule has 7 heteroatoms. The van der Waals surface area contributed by atoms with Gasteiger partial charge < -0.3 is 0 Å². The van der Waals surface area contributed by atoms with E-state index in [9.17, 15) is 12.8 Å². The van der Waals surface area contributed by atoms with Crippen LogP contribution < -0.4 is 4.72 Å². The van der Waals surface area contributed by atoms with Gasteiger partial charge in [-0.2, -0.15) is 0 Å². The SMILES string of the molecule is Cc1ccc(S(=O)(=O)Nc2ccncc2F)cn1. The van der Waals surface area contributed by atoms with Crippen LogP contribution in [0.2, 0.25) is 0 Å². The molecule has 0 saturated carbocycles. The molecule has 0 spiro atoms. The van der Waals surface area contributed by atoms with Crippen LogP contribution in [-0.2, 0) is 10.0 Å².